The molecule has 0 saturated heterocycles. The lowest BCUT2D eigenvalue weighted by Crippen LogP contribution is -2.01. The van der Waals surface area contributed by atoms with E-state index in [1.165, 1.54) is 0 Å². The predicted octanol–water partition coefficient (Wildman–Crippen LogP) is 1.27. The molecule has 0 aliphatic carbocycles. The maximum Gasteiger partial charge on any atom is 0.269 e. The van der Waals surface area contributed by atoms with Gasteiger partial charge in [0, 0.05) is 12.1 Å². The van der Waals surface area contributed by atoms with Gasteiger partial charge in [0.05, 0.1) is 4.92 Å². The fourth-order valence-corrected chi connectivity index (χ4v) is 1.11. The van der Waals surface area contributed by atoms with Gasteiger partial charge >= 0.3 is 0 Å². The Morgan fingerprint density at radius 1 is 1.29 bits per heavy atom. The van der Waals surface area contributed by atoms with Crippen molar-refractivity contribution in [1.82, 2.24) is 0 Å². The van der Waals surface area contributed by atoms with E-state index in [1.807, 2.05) is 0 Å². The van der Waals surface area contributed by atoms with Crippen LogP contribution in [0.3, 0.4) is 0 Å². The van der Waals surface area contributed by atoms with Gasteiger partial charge in [0.2, 0.25) is 10.3 Å². The van der Waals surface area contributed by atoms with E-state index in [1.54, 1.807) is 0 Å². The Bertz CT molecular complexity index is 438. The largest absolute Gasteiger partial charge is 0.529 e. The Kier molecular flexibility index (Phi) is 2.68. The Balaban J connectivity index is 2.90. The lowest BCUT2D eigenvalue weighted by molar-refractivity contribution is -0.384. The van der Waals surface area contributed by atoms with Crippen LogP contribution >= 0.6 is 0 Å². The monoisotopic (exact) mass is 217 g/mol. The standard InChI is InChI=1S/C6H5N2O5S/c7-14(11,12)13-6-3-1-5(2-4-6)8(9)10/h1-4H,(H-,7,11,12)/q-1. The molecule has 0 aliphatic heterocycles. The Morgan fingerprint density at radius 3 is 2.14 bits per heavy atom. The third-order valence-electron chi connectivity index (χ3n) is 1.25. The van der Waals surface area contributed by atoms with E-state index in [4.69, 9.17) is 5.14 Å². The quantitative estimate of drug-likeness (QED) is 0.559. The molecule has 0 saturated carbocycles. The summed E-state index contributed by atoms with van der Waals surface area (Å²) in [4.78, 5) is 9.58. The van der Waals surface area contributed by atoms with Gasteiger partial charge in [-0.1, -0.05) is 0 Å². The maximum absolute atomic E-state index is 10.3. The van der Waals surface area contributed by atoms with Crippen molar-refractivity contribution in [2.24, 2.45) is 0 Å². The highest BCUT2D eigenvalue weighted by atomic mass is 32.2. The minimum Gasteiger partial charge on any atom is -0.529 e. The zero-order chi connectivity index (χ0) is 10.8. The number of non-ortho nitro benzene ring substituents is 1. The van der Waals surface area contributed by atoms with Crippen molar-refractivity contribution in [3.05, 3.63) is 39.5 Å². The van der Waals surface area contributed by atoms with Gasteiger partial charge in [0.25, 0.3) is 5.69 Å². The first-order valence-electron chi connectivity index (χ1n) is 3.32. The Morgan fingerprint density at radius 2 is 1.79 bits per heavy atom. The van der Waals surface area contributed by atoms with Crippen LogP contribution in [0.2, 0.25) is 0 Å². The number of benzene rings is 1. The smallest absolute Gasteiger partial charge is 0.269 e. The van der Waals surface area contributed by atoms with E-state index in [0.29, 0.717) is 0 Å². The molecule has 7 nitrogen and oxygen atoms in total. The summed E-state index contributed by atoms with van der Waals surface area (Å²) < 4.78 is 24.8. The zero-order valence-corrected chi connectivity index (χ0v) is 7.52. The highest BCUT2D eigenvalue weighted by Gasteiger charge is 2.05. The van der Waals surface area contributed by atoms with Crippen molar-refractivity contribution >= 4 is 16.0 Å². The van der Waals surface area contributed by atoms with Crippen molar-refractivity contribution in [3.63, 3.8) is 0 Å². The third-order valence-corrected chi connectivity index (χ3v) is 1.67. The maximum atomic E-state index is 10.3. The Labute approximate surface area is 79.5 Å². The molecule has 0 aromatic heterocycles. The van der Waals surface area contributed by atoms with Gasteiger partial charge in [-0.3, -0.25) is 10.1 Å². The van der Waals surface area contributed by atoms with Crippen molar-refractivity contribution in [2.75, 3.05) is 0 Å². The number of nitro benzene ring substituents is 1. The predicted molar refractivity (Wildman–Crippen MR) is 47.0 cm³/mol. The molecule has 0 bridgehead atoms. The van der Waals surface area contributed by atoms with E-state index >= 15 is 0 Å². The second-order valence-electron chi connectivity index (χ2n) is 2.29. The number of nitrogens with zero attached hydrogens (tertiary/aromatic N) is 1. The van der Waals surface area contributed by atoms with E-state index in [9.17, 15) is 18.5 Å². The molecule has 0 spiro atoms. The lowest BCUT2D eigenvalue weighted by Gasteiger charge is -2.06. The minimum absolute atomic E-state index is 0.134. The molecule has 1 aromatic carbocycles. The molecule has 0 fully saturated rings. The summed E-state index contributed by atoms with van der Waals surface area (Å²) in [5.74, 6) is -0.134. The molecule has 0 unspecified atom stereocenters. The first-order valence-corrected chi connectivity index (χ1v) is 4.73. The Hall–Kier alpha value is -1.67. The molecular weight excluding hydrogens is 212 g/mol. The van der Waals surface area contributed by atoms with Crippen LogP contribution in [-0.4, -0.2) is 13.3 Å². The zero-order valence-electron chi connectivity index (χ0n) is 6.71. The molecule has 0 heterocycles. The van der Waals surface area contributed by atoms with E-state index in [-0.39, 0.29) is 11.4 Å². The van der Waals surface area contributed by atoms with Crippen LogP contribution in [0.1, 0.15) is 0 Å². The number of hydrogen-bond donors (Lipinski definition) is 0. The first kappa shape index (κ1) is 10.4. The molecule has 0 aliphatic rings. The molecule has 1 N–H and O–H groups in total. The highest BCUT2D eigenvalue weighted by molar-refractivity contribution is 7.88. The summed E-state index contributed by atoms with van der Waals surface area (Å²) in [7, 11) is -4.33. The fourth-order valence-electron chi connectivity index (χ4n) is 0.750. The molecule has 14 heavy (non-hydrogen) atoms. The SMILES string of the molecule is [NH-]S(=O)(=O)Oc1ccc([N+](=O)[O-])cc1. The van der Waals surface area contributed by atoms with Crippen LogP contribution in [-0.2, 0) is 10.3 Å². The van der Waals surface area contributed by atoms with Gasteiger partial charge in [-0.15, -0.1) is 0 Å². The van der Waals surface area contributed by atoms with Crippen LogP contribution < -0.4 is 4.18 Å². The van der Waals surface area contributed by atoms with Crippen LogP contribution in [0.25, 0.3) is 5.14 Å². The molecular formula is C6H5N2O5S-. The highest BCUT2D eigenvalue weighted by Crippen LogP contribution is 2.18. The van der Waals surface area contributed by atoms with Crippen LogP contribution in [0.4, 0.5) is 5.69 Å². The van der Waals surface area contributed by atoms with Crippen LogP contribution in [0, 0.1) is 10.1 Å². The molecule has 1 rings (SSSR count). The van der Waals surface area contributed by atoms with Crippen molar-refractivity contribution in [1.29, 1.82) is 0 Å². The van der Waals surface area contributed by atoms with E-state index in [2.05, 4.69) is 4.18 Å². The minimum atomic E-state index is -4.33. The second kappa shape index (κ2) is 3.60. The van der Waals surface area contributed by atoms with Crippen molar-refractivity contribution < 1.29 is 17.5 Å². The van der Waals surface area contributed by atoms with Gasteiger partial charge in [-0.05, 0) is 12.1 Å². The number of hydrogen-bond acceptors (Lipinski definition) is 5. The molecule has 8 heteroatoms. The van der Waals surface area contributed by atoms with Crippen molar-refractivity contribution in [3.8, 4) is 5.75 Å². The number of nitrogens with one attached hydrogen (secondary N) is 1. The van der Waals surface area contributed by atoms with Gasteiger partial charge in [0.1, 0.15) is 5.75 Å². The summed E-state index contributed by atoms with van der Waals surface area (Å²) in [6, 6.07) is 4.37. The topological polar surface area (TPSA) is 110 Å². The van der Waals surface area contributed by atoms with Gasteiger partial charge in [-0.25, -0.2) is 8.42 Å². The summed E-state index contributed by atoms with van der Waals surface area (Å²) >= 11 is 0. The van der Waals surface area contributed by atoms with Crippen LogP contribution in [0.15, 0.2) is 24.3 Å². The van der Waals surface area contributed by atoms with Gasteiger partial charge in [0.15, 0.2) is 0 Å². The third kappa shape index (κ3) is 2.99. The molecule has 0 amide bonds. The normalized spacial score (nSPS) is 10.9. The summed E-state index contributed by atoms with van der Waals surface area (Å²) in [6.45, 7) is 0. The van der Waals surface area contributed by atoms with E-state index < -0.39 is 15.2 Å². The average Bonchev–Trinajstić information content (AvgIpc) is 2.02. The number of rotatable bonds is 3. The number of nitro groups is 1. The fraction of sp³-hybridized carbons (Fsp3) is 0. The van der Waals surface area contributed by atoms with Crippen LogP contribution in [0.5, 0.6) is 5.75 Å². The average molecular weight is 217 g/mol. The van der Waals surface area contributed by atoms with Gasteiger partial charge in [-0.2, -0.15) is 0 Å². The summed E-state index contributed by atoms with van der Waals surface area (Å²) in [5, 5.41) is 16.6. The van der Waals surface area contributed by atoms with Gasteiger partial charge < -0.3 is 9.32 Å². The summed E-state index contributed by atoms with van der Waals surface area (Å²) in [5.41, 5.74) is -0.181. The first-order chi connectivity index (χ1) is 6.38. The summed E-state index contributed by atoms with van der Waals surface area (Å²) in [6.07, 6.45) is 0. The molecule has 0 atom stereocenters. The molecule has 1 aromatic rings. The molecule has 76 valence electrons. The molecule has 0 radical (unpaired) electrons. The van der Waals surface area contributed by atoms with E-state index in [0.717, 1.165) is 24.3 Å². The van der Waals surface area contributed by atoms with Crippen molar-refractivity contribution in [2.45, 2.75) is 0 Å². The second-order valence-corrected chi connectivity index (χ2v) is 3.36. The lowest BCUT2D eigenvalue weighted by atomic mass is 10.3.